The molecule has 0 radical (unpaired) electrons. The Morgan fingerprint density at radius 3 is 2.93 bits per heavy atom. The number of carbonyl (C=O) groups is 2. The molecule has 9 heteroatoms. The van der Waals surface area contributed by atoms with Gasteiger partial charge in [-0.15, -0.1) is 10.2 Å². The van der Waals surface area contributed by atoms with Gasteiger partial charge in [0.15, 0.2) is 11.5 Å². The lowest BCUT2D eigenvalue weighted by Gasteiger charge is -2.23. The van der Waals surface area contributed by atoms with Gasteiger partial charge in [-0.25, -0.2) is 0 Å². The quantitative estimate of drug-likeness (QED) is 0.847. The molecule has 0 spiro atoms. The number of nitrogens with zero attached hydrogens (tertiary/aromatic N) is 3. The highest BCUT2D eigenvalue weighted by molar-refractivity contribution is 7.15. The van der Waals surface area contributed by atoms with E-state index >= 15 is 0 Å². The maximum absolute atomic E-state index is 12.7. The largest absolute Gasteiger partial charge is 0.454 e. The van der Waals surface area contributed by atoms with E-state index in [0.29, 0.717) is 41.9 Å². The second-order valence-electron chi connectivity index (χ2n) is 6.97. The van der Waals surface area contributed by atoms with E-state index in [1.165, 1.54) is 11.3 Å². The predicted molar refractivity (Wildman–Crippen MR) is 96.7 cm³/mol. The number of benzene rings is 1. The number of anilines is 1. The van der Waals surface area contributed by atoms with Crippen LogP contribution >= 0.6 is 11.3 Å². The summed E-state index contributed by atoms with van der Waals surface area (Å²) in [7, 11) is 0. The van der Waals surface area contributed by atoms with Crippen LogP contribution in [-0.4, -0.2) is 39.7 Å². The number of aromatic nitrogens is 2. The fraction of sp³-hybridized carbons (Fsp3) is 0.444. The SMILES string of the molecule is O=C(Nc1nnc(C2CC2)s1)C1CCC(=O)N1Cc1ccc2c(c1)OCO2. The van der Waals surface area contributed by atoms with Gasteiger partial charge >= 0.3 is 0 Å². The van der Waals surface area contributed by atoms with Crippen molar-refractivity contribution in [3.8, 4) is 11.5 Å². The Labute approximate surface area is 159 Å². The van der Waals surface area contributed by atoms with E-state index in [2.05, 4.69) is 15.5 Å². The van der Waals surface area contributed by atoms with E-state index in [-0.39, 0.29) is 18.6 Å². The minimum atomic E-state index is -0.504. The van der Waals surface area contributed by atoms with Gasteiger partial charge in [0.2, 0.25) is 23.7 Å². The molecule has 0 bridgehead atoms. The summed E-state index contributed by atoms with van der Waals surface area (Å²) in [4.78, 5) is 26.7. The Hall–Kier alpha value is -2.68. The average molecular weight is 386 g/mol. The molecule has 2 amide bonds. The predicted octanol–water partition coefficient (Wildman–Crippen LogP) is 2.27. The molecule has 8 nitrogen and oxygen atoms in total. The lowest BCUT2D eigenvalue weighted by Crippen LogP contribution is -2.41. The Balaban J connectivity index is 1.29. The van der Waals surface area contributed by atoms with Crippen molar-refractivity contribution in [3.05, 3.63) is 28.8 Å². The summed E-state index contributed by atoms with van der Waals surface area (Å²) >= 11 is 1.42. The standard InChI is InChI=1S/C18H18N4O4S/c23-15-6-4-12(16(24)19-18-21-20-17(27-18)11-2-3-11)22(15)8-10-1-5-13-14(7-10)26-9-25-13/h1,5,7,11-12H,2-4,6,8-9H2,(H,19,21,24). The minimum absolute atomic E-state index is 0.0243. The van der Waals surface area contributed by atoms with Gasteiger partial charge in [-0.1, -0.05) is 17.4 Å². The van der Waals surface area contributed by atoms with Crippen LogP contribution in [0.5, 0.6) is 11.5 Å². The third-order valence-electron chi connectivity index (χ3n) is 5.02. The first-order chi connectivity index (χ1) is 13.2. The molecule has 1 unspecified atom stereocenters. The van der Waals surface area contributed by atoms with E-state index < -0.39 is 6.04 Å². The Morgan fingerprint density at radius 1 is 1.22 bits per heavy atom. The normalized spacial score (nSPS) is 21.0. The zero-order valence-corrected chi connectivity index (χ0v) is 15.3. The molecular formula is C18H18N4O4S. The Bertz CT molecular complexity index is 911. The van der Waals surface area contributed by atoms with Crippen LogP contribution in [0.3, 0.4) is 0 Å². The van der Waals surface area contributed by atoms with Gasteiger partial charge in [0.1, 0.15) is 11.0 Å². The van der Waals surface area contributed by atoms with Crippen molar-refractivity contribution in [2.24, 2.45) is 0 Å². The maximum Gasteiger partial charge on any atom is 0.249 e. The van der Waals surface area contributed by atoms with Gasteiger partial charge in [0, 0.05) is 18.9 Å². The number of likely N-dealkylation sites (tertiary alicyclic amines) is 1. The van der Waals surface area contributed by atoms with E-state index in [9.17, 15) is 9.59 Å². The monoisotopic (exact) mass is 386 g/mol. The van der Waals surface area contributed by atoms with Crippen molar-refractivity contribution < 1.29 is 19.1 Å². The molecule has 1 N–H and O–H groups in total. The summed E-state index contributed by atoms with van der Waals surface area (Å²) in [5.41, 5.74) is 0.902. The van der Waals surface area contributed by atoms with E-state index in [1.54, 1.807) is 4.90 Å². The lowest BCUT2D eigenvalue weighted by atomic mass is 10.1. The number of nitrogens with one attached hydrogen (secondary N) is 1. The van der Waals surface area contributed by atoms with Gasteiger partial charge in [-0.05, 0) is 37.0 Å². The van der Waals surface area contributed by atoms with Crippen molar-refractivity contribution in [2.75, 3.05) is 12.1 Å². The van der Waals surface area contributed by atoms with Gasteiger partial charge in [0.25, 0.3) is 0 Å². The van der Waals surface area contributed by atoms with Gasteiger partial charge in [-0.3, -0.25) is 14.9 Å². The Morgan fingerprint density at radius 2 is 2.07 bits per heavy atom. The number of hydrogen-bond donors (Lipinski definition) is 1. The topological polar surface area (TPSA) is 93.7 Å². The zero-order valence-electron chi connectivity index (χ0n) is 14.5. The first-order valence-electron chi connectivity index (χ1n) is 8.99. The van der Waals surface area contributed by atoms with Crippen LogP contribution in [-0.2, 0) is 16.1 Å². The molecule has 3 heterocycles. The van der Waals surface area contributed by atoms with Crippen LogP contribution in [0.2, 0.25) is 0 Å². The smallest absolute Gasteiger partial charge is 0.249 e. The molecule has 140 valence electrons. The number of fused-ring (bicyclic) bond motifs is 1. The molecule has 2 fully saturated rings. The van der Waals surface area contributed by atoms with Crippen molar-refractivity contribution in [1.82, 2.24) is 15.1 Å². The highest BCUT2D eigenvalue weighted by Crippen LogP contribution is 2.42. The molecule has 2 aliphatic heterocycles. The molecule has 1 saturated heterocycles. The molecule has 5 rings (SSSR count). The minimum Gasteiger partial charge on any atom is -0.454 e. The molecule has 1 aromatic carbocycles. The lowest BCUT2D eigenvalue weighted by molar-refractivity contribution is -0.133. The highest BCUT2D eigenvalue weighted by Gasteiger charge is 2.37. The third kappa shape index (κ3) is 3.23. The van der Waals surface area contributed by atoms with Gasteiger partial charge in [-0.2, -0.15) is 0 Å². The number of rotatable bonds is 5. The molecule has 1 aromatic heterocycles. The number of ether oxygens (including phenoxy) is 2. The summed E-state index contributed by atoms with van der Waals surface area (Å²) in [6.07, 6.45) is 3.15. The molecule has 1 saturated carbocycles. The van der Waals surface area contributed by atoms with E-state index in [0.717, 1.165) is 23.4 Å². The second-order valence-corrected chi connectivity index (χ2v) is 7.98. The molecular weight excluding hydrogens is 368 g/mol. The molecule has 27 heavy (non-hydrogen) atoms. The second kappa shape index (κ2) is 6.49. The van der Waals surface area contributed by atoms with Gasteiger partial charge < -0.3 is 14.4 Å². The maximum atomic E-state index is 12.7. The average Bonchev–Trinajstić information content (AvgIpc) is 3.06. The molecule has 1 atom stereocenters. The van der Waals surface area contributed by atoms with Crippen LogP contribution in [0.25, 0.3) is 0 Å². The number of amides is 2. The summed E-state index contributed by atoms with van der Waals surface area (Å²) in [5.74, 6) is 1.64. The van der Waals surface area contributed by atoms with Crippen LogP contribution in [0.15, 0.2) is 18.2 Å². The van der Waals surface area contributed by atoms with Crippen LogP contribution in [0.1, 0.15) is 42.2 Å². The molecule has 3 aliphatic rings. The summed E-state index contributed by atoms with van der Waals surface area (Å²) in [6.45, 7) is 0.564. The van der Waals surface area contributed by atoms with E-state index in [1.807, 2.05) is 18.2 Å². The third-order valence-corrected chi connectivity index (χ3v) is 6.02. The molecule has 1 aliphatic carbocycles. The van der Waals surface area contributed by atoms with Crippen molar-refractivity contribution >= 4 is 28.3 Å². The highest BCUT2D eigenvalue weighted by atomic mass is 32.1. The van der Waals surface area contributed by atoms with Crippen LogP contribution in [0.4, 0.5) is 5.13 Å². The first-order valence-corrected chi connectivity index (χ1v) is 9.81. The number of hydrogen-bond acceptors (Lipinski definition) is 7. The number of carbonyl (C=O) groups excluding carboxylic acids is 2. The van der Waals surface area contributed by atoms with Crippen molar-refractivity contribution in [1.29, 1.82) is 0 Å². The van der Waals surface area contributed by atoms with Crippen LogP contribution in [0, 0.1) is 0 Å². The van der Waals surface area contributed by atoms with Gasteiger partial charge in [0.05, 0.1) is 0 Å². The fourth-order valence-corrected chi connectivity index (χ4v) is 4.32. The van der Waals surface area contributed by atoms with E-state index in [4.69, 9.17) is 9.47 Å². The van der Waals surface area contributed by atoms with Crippen molar-refractivity contribution in [3.63, 3.8) is 0 Å². The zero-order chi connectivity index (χ0) is 18.4. The van der Waals surface area contributed by atoms with Crippen molar-refractivity contribution in [2.45, 2.75) is 44.2 Å². The summed E-state index contributed by atoms with van der Waals surface area (Å²) in [5, 5.41) is 12.5. The fourth-order valence-electron chi connectivity index (χ4n) is 3.41. The summed E-state index contributed by atoms with van der Waals surface area (Å²) in [6, 6.07) is 5.07. The van der Waals surface area contributed by atoms with Crippen LogP contribution < -0.4 is 14.8 Å². The summed E-state index contributed by atoms with van der Waals surface area (Å²) < 4.78 is 10.7. The molecule has 2 aromatic rings. The first kappa shape index (κ1) is 16.5. The Kier molecular flexibility index (Phi) is 3.96.